The van der Waals surface area contributed by atoms with E-state index in [0.29, 0.717) is 11.6 Å². The topological polar surface area (TPSA) is 38.3 Å². The van der Waals surface area contributed by atoms with Gasteiger partial charge >= 0.3 is 5.97 Å². The fraction of sp³-hybridized carbons (Fsp3) is 0.769. The molecule has 0 aliphatic heterocycles. The summed E-state index contributed by atoms with van der Waals surface area (Å²) >= 11 is 0. The first-order chi connectivity index (χ1) is 7.65. The summed E-state index contributed by atoms with van der Waals surface area (Å²) in [6.07, 6.45) is 7.32. The molecule has 1 rings (SSSR count). The molecule has 0 bridgehead atoms. The van der Waals surface area contributed by atoms with Crippen molar-refractivity contribution in [3.8, 4) is 0 Å². The van der Waals surface area contributed by atoms with Crippen LogP contribution in [-0.4, -0.2) is 25.7 Å². The summed E-state index contributed by atoms with van der Waals surface area (Å²) in [6, 6.07) is 0.546. The molecular weight excluding hydrogens is 202 g/mol. The summed E-state index contributed by atoms with van der Waals surface area (Å²) in [4.78, 5) is 11.1. The van der Waals surface area contributed by atoms with E-state index in [2.05, 4.69) is 17.0 Å². The molecule has 1 aliphatic rings. The first-order valence-corrected chi connectivity index (χ1v) is 6.13. The molecule has 0 spiro atoms. The van der Waals surface area contributed by atoms with Gasteiger partial charge in [-0.2, -0.15) is 0 Å². The zero-order valence-electron chi connectivity index (χ0n) is 10.6. The zero-order chi connectivity index (χ0) is 12.0. The number of hydrogen-bond donors (Lipinski definition) is 1. The summed E-state index contributed by atoms with van der Waals surface area (Å²) in [7, 11) is 1.41. The third-order valence-electron chi connectivity index (χ3n) is 3.46. The van der Waals surface area contributed by atoms with Gasteiger partial charge in [-0.1, -0.05) is 18.9 Å². The van der Waals surface area contributed by atoms with Gasteiger partial charge in [-0.05, 0) is 32.6 Å². The number of rotatable bonds is 5. The Hall–Kier alpha value is -0.830. The van der Waals surface area contributed by atoms with Gasteiger partial charge < -0.3 is 10.1 Å². The van der Waals surface area contributed by atoms with E-state index in [-0.39, 0.29) is 5.97 Å². The average Bonchev–Trinajstić information content (AvgIpc) is 2.81. The van der Waals surface area contributed by atoms with Crippen molar-refractivity contribution in [2.45, 2.75) is 45.6 Å². The monoisotopic (exact) mass is 225 g/mol. The average molecular weight is 225 g/mol. The minimum atomic E-state index is -0.240. The van der Waals surface area contributed by atoms with Gasteiger partial charge in [0.2, 0.25) is 0 Å². The molecule has 1 saturated carbocycles. The third kappa shape index (κ3) is 3.97. The van der Waals surface area contributed by atoms with Gasteiger partial charge in [-0.25, -0.2) is 4.79 Å². The second kappa shape index (κ2) is 6.69. The van der Waals surface area contributed by atoms with Crippen LogP contribution in [0.4, 0.5) is 0 Å². The molecule has 1 aliphatic carbocycles. The molecular formula is C13H23NO2. The van der Waals surface area contributed by atoms with E-state index in [9.17, 15) is 4.79 Å². The quantitative estimate of drug-likeness (QED) is 0.576. The Balaban J connectivity index is 2.25. The number of ether oxygens (including phenoxy) is 1. The van der Waals surface area contributed by atoms with Crippen LogP contribution in [0.3, 0.4) is 0 Å². The van der Waals surface area contributed by atoms with Crippen LogP contribution in [0.5, 0.6) is 0 Å². The van der Waals surface area contributed by atoms with E-state index in [4.69, 9.17) is 0 Å². The van der Waals surface area contributed by atoms with Crippen molar-refractivity contribution in [3.63, 3.8) is 0 Å². The Bertz CT molecular complexity index is 255. The number of carbonyl (C=O) groups excluding carboxylic acids is 1. The van der Waals surface area contributed by atoms with E-state index < -0.39 is 0 Å². The highest BCUT2D eigenvalue weighted by Gasteiger charge is 2.20. The molecule has 16 heavy (non-hydrogen) atoms. The van der Waals surface area contributed by atoms with Gasteiger partial charge in [0.1, 0.15) is 0 Å². The van der Waals surface area contributed by atoms with Crippen molar-refractivity contribution < 1.29 is 9.53 Å². The lowest BCUT2D eigenvalue weighted by molar-refractivity contribution is -0.136. The Labute approximate surface area is 98.2 Å². The highest BCUT2D eigenvalue weighted by molar-refractivity contribution is 5.87. The van der Waals surface area contributed by atoms with Gasteiger partial charge in [0, 0.05) is 18.2 Å². The summed E-state index contributed by atoms with van der Waals surface area (Å²) in [5.41, 5.74) is 0.675. The second-order valence-corrected chi connectivity index (χ2v) is 4.62. The maximum Gasteiger partial charge on any atom is 0.333 e. The van der Waals surface area contributed by atoms with E-state index in [1.807, 2.05) is 6.08 Å². The van der Waals surface area contributed by atoms with Crippen molar-refractivity contribution in [2.75, 3.05) is 13.7 Å². The Kier molecular flexibility index (Phi) is 5.53. The maximum absolute atomic E-state index is 11.1. The van der Waals surface area contributed by atoms with Crippen LogP contribution in [0.2, 0.25) is 0 Å². The minimum absolute atomic E-state index is 0.240. The summed E-state index contributed by atoms with van der Waals surface area (Å²) in [5, 5.41) is 3.45. The number of methoxy groups -OCH3 is 1. The molecule has 0 aromatic rings. The smallest absolute Gasteiger partial charge is 0.333 e. The van der Waals surface area contributed by atoms with Gasteiger partial charge in [-0.15, -0.1) is 0 Å². The van der Waals surface area contributed by atoms with E-state index in [0.717, 1.165) is 12.5 Å². The molecule has 3 nitrogen and oxygen atoms in total. The molecule has 1 unspecified atom stereocenters. The molecule has 0 saturated heterocycles. The lowest BCUT2D eigenvalue weighted by Crippen LogP contribution is -2.32. The lowest BCUT2D eigenvalue weighted by Gasteiger charge is -2.19. The molecule has 1 N–H and O–H groups in total. The van der Waals surface area contributed by atoms with Gasteiger partial charge in [-0.3, -0.25) is 0 Å². The Morgan fingerprint density at radius 2 is 2.12 bits per heavy atom. The van der Waals surface area contributed by atoms with Crippen molar-refractivity contribution in [1.82, 2.24) is 5.32 Å². The first kappa shape index (κ1) is 13.2. The highest BCUT2D eigenvalue weighted by atomic mass is 16.5. The van der Waals surface area contributed by atoms with Crippen LogP contribution in [0, 0.1) is 5.92 Å². The van der Waals surface area contributed by atoms with Gasteiger partial charge in [0.05, 0.1) is 7.11 Å². The molecule has 1 fully saturated rings. The molecule has 0 amide bonds. The SMILES string of the molecule is COC(=O)C(C)=CCNC(C)C1CCCC1. The molecule has 0 heterocycles. The predicted octanol–water partition coefficient (Wildman–Crippen LogP) is 2.27. The standard InChI is InChI=1S/C13H23NO2/c1-10(13(15)16-3)8-9-14-11(2)12-6-4-5-7-12/h8,11-12,14H,4-7,9H2,1-3H3. The van der Waals surface area contributed by atoms with Crippen LogP contribution in [0.15, 0.2) is 11.6 Å². The van der Waals surface area contributed by atoms with Crippen molar-refractivity contribution in [3.05, 3.63) is 11.6 Å². The van der Waals surface area contributed by atoms with Crippen molar-refractivity contribution in [1.29, 1.82) is 0 Å². The van der Waals surface area contributed by atoms with Crippen molar-refractivity contribution in [2.24, 2.45) is 5.92 Å². The third-order valence-corrected chi connectivity index (χ3v) is 3.46. The zero-order valence-corrected chi connectivity index (χ0v) is 10.6. The van der Waals surface area contributed by atoms with E-state index in [1.165, 1.54) is 32.8 Å². The predicted molar refractivity (Wildman–Crippen MR) is 65.2 cm³/mol. The largest absolute Gasteiger partial charge is 0.466 e. The Morgan fingerprint density at radius 1 is 1.50 bits per heavy atom. The van der Waals surface area contributed by atoms with Crippen molar-refractivity contribution >= 4 is 5.97 Å². The van der Waals surface area contributed by atoms with E-state index in [1.54, 1.807) is 6.92 Å². The number of carbonyl (C=O) groups is 1. The lowest BCUT2D eigenvalue weighted by atomic mass is 10.00. The second-order valence-electron chi connectivity index (χ2n) is 4.62. The van der Waals surface area contributed by atoms with Gasteiger partial charge in [0.25, 0.3) is 0 Å². The molecule has 0 radical (unpaired) electrons. The van der Waals surface area contributed by atoms with Crippen LogP contribution in [0.1, 0.15) is 39.5 Å². The van der Waals surface area contributed by atoms with Crippen LogP contribution in [0.25, 0.3) is 0 Å². The molecule has 0 aromatic heterocycles. The molecule has 0 aromatic carbocycles. The summed E-state index contributed by atoms with van der Waals surface area (Å²) in [6.45, 7) is 4.77. The van der Waals surface area contributed by atoms with Crippen LogP contribution in [-0.2, 0) is 9.53 Å². The fourth-order valence-electron chi connectivity index (χ4n) is 2.27. The summed E-state index contributed by atoms with van der Waals surface area (Å²) in [5.74, 6) is 0.571. The normalized spacial score (nSPS) is 19.8. The van der Waals surface area contributed by atoms with E-state index >= 15 is 0 Å². The molecule has 92 valence electrons. The number of hydrogen-bond acceptors (Lipinski definition) is 3. The Morgan fingerprint density at radius 3 is 2.69 bits per heavy atom. The minimum Gasteiger partial charge on any atom is -0.466 e. The number of esters is 1. The summed E-state index contributed by atoms with van der Waals surface area (Å²) < 4.78 is 4.63. The highest BCUT2D eigenvalue weighted by Crippen LogP contribution is 2.27. The maximum atomic E-state index is 11.1. The number of nitrogens with one attached hydrogen (secondary N) is 1. The molecule has 3 heteroatoms. The first-order valence-electron chi connectivity index (χ1n) is 6.13. The molecule has 1 atom stereocenters. The van der Waals surface area contributed by atoms with Crippen LogP contribution < -0.4 is 5.32 Å². The van der Waals surface area contributed by atoms with Crippen LogP contribution >= 0.6 is 0 Å². The fourth-order valence-corrected chi connectivity index (χ4v) is 2.27. The van der Waals surface area contributed by atoms with Gasteiger partial charge in [0.15, 0.2) is 0 Å².